The number of rotatable bonds is 6. The quantitative estimate of drug-likeness (QED) is 0.420. The lowest BCUT2D eigenvalue weighted by Crippen LogP contribution is -2.01. The molecule has 0 aliphatic carbocycles. The van der Waals surface area contributed by atoms with Crippen molar-refractivity contribution in [3.8, 4) is 28.6 Å². The number of benzene rings is 2. The van der Waals surface area contributed by atoms with Gasteiger partial charge in [-0.25, -0.2) is 9.50 Å². The van der Waals surface area contributed by atoms with Crippen molar-refractivity contribution in [2.45, 2.75) is 0 Å². The summed E-state index contributed by atoms with van der Waals surface area (Å²) in [5, 5.41) is 9.13. The van der Waals surface area contributed by atoms with Crippen LogP contribution in [-0.2, 0) is 0 Å². The number of hydrogen-bond donors (Lipinski definition) is 2. The van der Waals surface area contributed by atoms with E-state index >= 15 is 0 Å². The number of aromatic amines is 1. The van der Waals surface area contributed by atoms with E-state index in [0.717, 1.165) is 39.4 Å². The summed E-state index contributed by atoms with van der Waals surface area (Å²) in [5.41, 5.74) is 4.37. The fraction of sp³-hybridized carbons (Fsp3) is 0.130. The molecular weight excluding hydrogens is 394 g/mol. The van der Waals surface area contributed by atoms with Gasteiger partial charge in [-0.2, -0.15) is 0 Å². The smallest absolute Gasteiger partial charge is 0.162 e. The second-order valence-corrected chi connectivity index (χ2v) is 6.96. The average Bonchev–Trinajstić information content (AvgIpc) is 3.41. The molecule has 0 unspecified atom stereocenters. The number of methoxy groups -OCH3 is 3. The third-order valence-electron chi connectivity index (χ3n) is 5.12. The van der Waals surface area contributed by atoms with E-state index in [1.165, 1.54) is 0 Å². The van der Waals surface area contributed by atoms with Gasteiger partial charge in [-0.05, 0) is 42.5 Å². The number of imidazole rings is 1. The van der Waals surface area contributed by atoms with Crippen LogP contribution in [0.4, 0.5) is 11.5 Å². The molecule has 2 N–H and O–H groups in total. The summed E-state index contributed by atoms with van der Waals surface area (Å²) in [6, 6.07) is 17.4. The van der Waals surface area contributed by atoms with Crippen molar-refractivity contribution >= 4 is 28.1 Å². The molecule has 0 amide bonds. The molecule has 0 saturated carbocycles. The summed E-state index contributed by atoms with van der Waals surface area (Å²) in [6.45, 7) is 0. The zero-order valence-electron chi connectivity index (χ0n) is 17.3. The Morgan fingerprint density at radius 3 is 2.55 bits per heavy atom. The van der Waals surface area contributed by atoms with Crippen LogP contribution in [0.5, 0.6) is 17.2 Å². The molecule has 0 bridgehead atoms. The monoisotopic (exact) mass is 415 g/mol. The van der Waals surface area contributed by atoms with E-state index in [9.17, 15) is 0 Å². The maximum atomic E-state index is 5.38. The number of nitrogens with zero attached hydrogens (tertiary/aromatic N) is 3. The molecule has 156 valence electrons. The number of fused-ring (bicyclic) bond motifs is 2. The Bertz CT molecular complexity index is 1390. The van der Waals surface area contributed by atoms with Crippen molar-refractivity contribution in [3.63, 3.8) is 0 Å². The minimum atomic E-state index is 0.644. The van der Waals surface area contributed by atoms with Crippen molar-refractivity contribution in [1.29, 1.82) is 0 Å². The Balaban J connectivity index is 1.51. The molecule has 31 heavy (non-hydrogen) atoms. The van der Waals surface area contributed by atoms with Crippen LogP contribution in [0.15, 0.2) is 60.8 Å². The van der Waals surface area contributed by atoms with Gasteiger partial charge in [-0.3, -0.25) is 0 Å². The molecule has 0 radical (unpaired) electrons. The van der Waals surface area contributed by atoms with Gasteiger partial charge in [0.1, 0.15) is 11.4 Å². The van der Waals surface area contributed by atoms with Crippen LogP contribution < -0.4 is 19.5 Å². The minimum Gasteiger partial charge on any atom is -0.497 e. The van der Waals surface area contributed by atoms with Gasteiger partial charge in [0.15, 0.2) is 23.0 Å². The maximum Gasteiger partial charge on any atom is 0.162 e. The first-order valence-electron chi connectivity index (χ1n) is 9.69. The van der Waals surface area contributed by atoms with E-state index in [4.69, 9.17) is 19.3 Å². The second kappa shape index (κ2) is 7.56. The SMILES string of the molecule is COc1ccc2cc(-c3cnc4ccc(Nc5ccc(OC)c(OC)c5)nn34)[nH]c2c1. The molecule has 0 aliphatic rings. The zero-order chi connectivity index (χ0) is 21.4. The molecular formula is C23H21N5O3. The summed E-state index contributed by atoms with van der Waals surface area (Å²) in [5.74, 6) is 2.80. The highest BCUT2D eigenvalue weighted by molar-refractivity contribution is 5.86. The average molecular weight is 415 g/mol. The van der Waals surface area contributed by atoms with Gasteiger partial charge in [0.2, 0.25) is 0 Å². The number of hydrogen-bond acceptors (Lipinski definition) is 6. The fourth-order valence-corrected chi connectivity index (χ4v) is 3.56. The van der Waals surface area contributed by atoms with Crippen LogP contribution in [0.2, 0.25) is 0 Å². The van der Waals surface area contributed by atoms with Crippen molar-refractivity contribution in [3.05, 3.63) is 60.8 Å². The van der Waals surface area contributed by atoms with Crippen molar-refractivity contribution in [2.24, 2.45) is 0 Å². The Labute approximate surface area is 178 Å². The van der Waals surface area contributed by atoms with E-state index in [1.54, 1.807) is 21.3 Å². The highest BCUT2D eigenvalue weighted by Gasteiger charge is 2.12. The van der Waals surface area contributed by atoms with Gasteiger partial charge < -0.3 is 24.5 Å². The van der Waals surface area contributed by atoms with E-state index in [1.807, 2.05) is 59.2 Å². The number of aromatic nitrogens is 4. The molecule has 5 aromatic rings. The molecule has 3 heterocycles. The van der Waals surface area contributed by atoms with Gasteiger partial charge >= 0.3 is 0 Å². The lowest BCUT2D eigenvalue weighted by molar-refractivity contribution is 0.355. The van der Waals surface area contributed by atoms with Crippen LogP contribution in [-0.4, -0.2) is 40.9 Å². The largest absolute Gasteiger partial charge is 0.497 e. The Hall–Kier alpha value is -4.20. The fourth-order valence-electron chi connectivity index (χ4n) is 3.56. The molecule has 0 fully saturated rings. The van der Waals surface area contributed by atoms with Crippen LogP contribution >= 0.6 is 0 Å². The molecule has 8 heteroatoms. The highest BCUT2D eigenvalue weighted by Crippen LogP contribution is 2.31. The summed E-state index contributed by atoms with van der Waals surface area (Å²) >= 11 is 0. The standard InChI is InChI=1S/C23H21N5O3/c1-29-16-6-4-14-10-18(26-17(14)12-16)19-13-24-23-9-8-22(27-28(19)23)25-15-5-7-20(30-2)21(11-15)31-3/h4-13,26H,1-3H3,(H,25,27). The van der Waals surface area contributed by atoms with Crippen LogP contribution in [0.1, 0.15) is 0 Å². The first-order chi connectivity index (χ1) is 15.2. The van der Waals surface area contributed by atoms with Gasteiger partial charge in [-0.1, -0.05) is 0 Å². The zero-order valence-corrected chi connectivity index (χ0v) is 17.3. The predicted octanol–water partition coefficient (Wildman–Crippen LogP) is 4.65. The van der Waals surface area contributed by atoms with Crippen molar-refractivity contribution in [1.82, 2.24) is 19.6 Å². The first kappa shape index (κ1) is 18.8. The molecule has 5 rings (SSSR count). The second-order valence-electron chi connectivity index (χ2n) is 6.96. The number of H-pyrrole nitrogens is 1. The van der Waals surface area contributed by atoms with Gasteiger partial charge in [0, 0.05) is 28.7 Å². The van der Waals surface area contributed by atoms with Gasteiger partial charge in [-0.15, -0.1) is 5.10 Å². The van der Waals surface area contributed by atoms with Crippen molar-refractivity contribution < 1.29 is 14.2 Å². The molecule has 0 saturated heterocycles. The van der Waals surface area contributed by atoms with E-state index in [2.05, 4.69) is 21.4 Å². The van der Waals surface area contributed by atoms with E-state index in [0.29, 0.717) is 17.3 Å². The summed E-state index contributed by atoms with van der Waals surface area (Å²) < 4.78 is 17.8. The third kappa shape index (κ3) is 3.38. The number of ether oxygens (including phenoxy) is 3. The third-order valence-corrected chi connectivity index (χ3v) is 5.12. The molecule has 3 aromatic heterocycles. The number of nitrogens with one attached hydrogen (secondary N) is 2. The van der Waals surface area contributed by atoms with E-state index in [-0.39, 0.29) is 0 Å². The van der Waals surface area contributed by atoms with E-state index < -0.39 is 0 Å². The molecule has 0 atom stereocenters. The lowest BCUT2D eigenvalue weighted by Gasteiger charge is -2.11. The summed E-state index contributed by atoms with van der Waals surface area (Å²) in [7, 11) is 4.88. The topological polar surface area (TPSA) is 85.7 Å². The van der Waals surface area contributed by atoms with Gasteiger partial charge in [0.05, 0.1) is 33.2 Å². The minimum absolute atomic E-state index is 0.644. The maximum absolute atomic E-state index is 5.38. The Morgan fingerprint density at radius 2 is 1.74 bits per heavy atom. The van der Waals surface area contributed by atoms with Crippen LogP contribution in [0, 0.1) is 0 Å². The van der Waals surface area contributed by atoms with Crippen molar-refractivity contribution in [2.75, 3.05) is 26.6 Å². The highest BCUT2D eigenvalue weighted by atomic mass is 16.5. The van der Waals surface area contributed by atoms with Crippen LogP contribution in [0.25, 0.3) is 27.9 Å². The normalized spacial score (nSPS) is 11.1. The Kier molecular flexibility index (Phi) is 4.59. The molecule has 2 aromatic carbocycles. The first-order valence-corrected chi connectivity index (χ1v) is 9.69. The van der Waals surface area contributed by atoms with Crippen LogP contribution in [0.3, 0.4) is 0 Å². The Morgan fingerprint density at radius 1 is 0.871 bits per heavy atom. The summed E-state index contributed by atoms with van der Waals surface area (Å²) in [6.07, 6.45) is 1.81. The number of anilines is 2. The molecule has 0 spiro atoms. The predicted molar refractivity (Wildman–Crippen MR) is 120 cm³/mol. The summed E-state index contributed by atoms with van der Waals surface area (Å²) in [4.78, 5) is 7.92. The lowest BCUT2D eigenvalue weighted by atomic mass is 10.2. The molecule has 8 nitrogen and oxygen atoms in total. The van der Waals surface area contributed by atoms with Gasteiger partial charge in [0.25, 0.3) is 0 Å². The molecule has 0 aliphatic heterocycles.